The maximum absolute atomic E-state index is 10.9. The summed E-state index contributed by atoms with van der Waals surface area (Å²) < 4.78 is 0. The van der Waals surface area contributed by atoms with Gasteiger partial charge in [-0.25, -0.2) is 0 Å². The summed E-state index contributed by atoms with van der Waals surface area (Å²) in [4.78, 5) is 12.7. The Morgan fingerprint density at radius 3 is 3.30 bits per heavy atom. The Balaban J connectivity index is 2.39. The molecule has 1 fully saturated rings. The van der Waals surface area contributed by atoms with Crippen LogP contribution >= 0.6 is 0 Å². The maximum atomic E-state index is 10.9. The Hall–Kier alpha value is -0.830. The van der Waals surface area contributed by atoms with Gasteiger partial charge in [0.1, 0.15) is 6.54 Å². The van der Waals surface area contributed by atoms with Crippen molar-refractivity contribution in [1.82, 2.24) is 10.2 Å². The summed E-state index contributed by atoms with van der Waals surface area (Å²) in [6.45, 7) is 7.33. The van der Waals surface area contributed by atoms with Gasteiger partial charge in [-0.05, 0) is 0 Å². The third-order valence-corrected chi connectivity index (χ3v) is 1.41. The van der Waals surface area contributed by atoms with Crippen molar-refractivity contribution in [1.29, 1.82) is 0 Å². The van der Waals surface area contributed by atoms with Crippen molar-refractivity contribution in [2.45, 2.75) is 0 Å². The summed E-state index contributed by atoms with van der Waals surface area (Å²) in [5, 5.41) is 2.87. The van der Waals surface area contributed by atoms with Crippen molar-refractivity contribution < 1.29 is 4.79 Å². The summed E-state index contributed by atoms with van der Waals surface area (Å²) in [6.07, 6.45) is 1.73. The van der Waals surface area contributed by atoms with E-state index in [1.165, 1.54) is 6.54 Å². The van der Waals surface area contributed by atoms with Crippen LogP contribution in [-0.4, -0.2) is 30.4 Å². The van der Waals surface area contributed by atoms with Crippen LogP contribution in [-0.2, 0) is 4.79 Å². The fraction of sp³-hybridized carbons (Fsp3) is 0.429. The predicted octanol–water partition coefficient (Wildman–Crippen LogP) is -0.234. The summed E-state index contributed by atoms with van der Waals surface area (Å²) in [6, 6.07) is 0. The van der Waals surface area contributed by atoms with Crippen LogP contribution in [0.1, 0.15) is 0 Å². The third kappa shape index (κ3) is 1.57. The van der Waals surface area contributed by atoms with Crippen LogP contribution in [0.2, 0.25) is 0 Å². The molecule has 0 atom stereocenters. The lowest BCUT2D eigenvalue weighted by Crippen LogP contribution is -2.44. The van der Waals surface area contributed by atoms with E-state index in [0.29, 0.717) is 6.54 Å². The average molecular weight is 139 g/mol. The smallest absolute Gasteiger partial charge is 0.242 e. The lowest BCUT2D eigenvalue weighted by atomic mass is 10.3. The molecule has 1 N–H and O–H groups in total. The number of hydrogen-bond acceptors (Lipinski definition) is 2. The van der Waals surface area contributed by atoms with Gasteiger partial charge in [0.2, 0.25) is 5.91 Å². The molecular formula is C7H11N2O. The Morgan fingerprint density at radius 1 is 1.90 bits per heavy atom. The lowest BCUT2D eigenvalue weighted by molar-refractivity contribution is -0.128. The van der Waals surface area contributed by atoms with Crippen molar-refractivity contribution in [2.24, 2.45) is 0 Å². The highest BCUT2D eigenvalue weighted by Crippen LogP contribution is 1.95. The minimum atomic E-state index is 0.0474. The fourth-order valence-electron chi connectivity index (χ4n) is 0.898. The summed E-state index contributed by atoms with van der Waals surface area (Å²) in [5.74, 6) is 0.0474. The zero-order chi connectivity index (χ0) is 7.40. The summed E-state index contributed by atoms with van der Waals surface area (Å²) >= 11 is 0. The molecule has 0 saturated carbocycles. The van der Waals surface area contributed by atoms with Crippen LogP contribution in [0.4, 0.5) is 0 Å². The van der Waals surface area contributed by atoms with Crippen LogP contribution in [0, 0.1) is 6.54 Å². The highest BCUT2D eigenvalue weighted by atomic mass is 16.2. The molecule has 1 aliphatic rings. The maximum Gasteiger partial charge on any atom is 0.242 e. The van der Waals surface area contributed by atoms with Gasteiger partial charge in [0, 0.05) is 19.6 Å². The molecule has 55 valence electrons. The minimum Gasteiger partial charge on any atom is -0.336 e. The topological polar surface area (TPSA) is 32.3 Å². The van der Waals surface area contributed by atoms with Crippen LogP contribution in [0.5, 0.6) is 0 Å². The molecule has 1 aliphatic heterocycles. The van der Waals surface area contributed by atoms with Gasteiger partial charge in [0.15, 0.2) is 0 Å². The quantitative estimate of drug-likeness (QED) is 0.536. The molecule has 0 aromatic carbocycles. The number of rotatable bonds is 2. The zero-order valence-electron chi connectivity index (χ0n) is 5.84. The molecule has 10 heavy (non-hydrogen) atoms. The van der Waals surface area contributed by atoms with Crippen molar-refractivity contribution in [3.63, 3.8) is 0 Å². The molecule has 1 heterocycles. The van der Waals surface area contributed by atoms with E-state index in [9.17, 15) is 4.79 Å². The molecule has 0 aromatic rings. The van der Waals surface area contributed by atoms with Crippen molar-refractivity contribution >= 4 is 5.91 Å². The van der Waals surface area contributed by atoms with Gasteiger partial charge < -0.3 is 10.2 Å². The number of piperazine rings is 1. The molecule has 0 aromatic heterocycles. The van der Waals surface area contributed by atoms with Gasteiger partial charge in [-0.15, -0.1) is 6.58 Å². The second-order valence-electron chi connectivity index (χ2n) is 2.17. The minimum absolute atomic E-state index is 0.0474. The van der Waals surface area contributed by atoms with Crippen LogP contribution in [0.25, 0.3) is 0 Å². The third-order valence-electron chi connectivity index (χ3n) is 1.41. The van der Waals surface area contributed by atoms with Crippen LogP contribution in [0.15, 0.2) is 12.7 Å². The molecule has 1 saturated heterocycles. The van der Waals surface area contributed by atoms with Gasteiger partial charge in [-0.2, -0.15) is 0 Å². The second-order valence-corrected chi connectivity index (χ2v) is 2.17. The molecule has 0 unspecified atom stereocenters. The first kappa shape index (κ1) is 7.28. The molecule has 3 heteroatoms. The first-order chi connectivity index (χ1) is 4.84. The van der Waals surface area contributed by atoms with Crippen LogP contribution in [0.3, 0.4) is 0 Å². The van der Waals surface area contributed by atoms with E-state index in [2.05, 4.69) is 11.9 Å². The number of hydrogen-bond donors (Lipinski definition) is 1. The molecular weight excluding hydrogens is 128 g/mol. The van der Waals surface area contributed by atoms with E-state index < -0.39 is 0 Å². The highest BCUT2D eigenvalue weighted by Gasteiger charge is 2.15. The van der Waals surface area contributed by atoms with Crippen molar-refractivity contribution in [3.05, 3.63) is 19.2 Å². The predicted molar refractivity (Wildman–Crippen MR) is 39.1 cm³/mol. The van der Waals surface area contributed by atoms with Gasteiger partial charge in [-0.1, -0.05) is 6.08 Å². The first-order valence-corrected chi connectivity index (χ1v) is 3.31. The normalized spacial score (nSPS) is 19.2. The SMILES string of the molecule is C=CCN1CCN[CH]C1=O. The van der Waals surface area contributed by atoms with Gasteiger partial charge in [0.05, 0.1) is 0 Å². The molecule has 3 nitrogen and oxygen atoms in total. The van der Waals surface area contributed by atoms with E-state index in [-0.39, 0.29) is 5.91 Å². The van der Waals surface area contributed by atoms with Crippen molar-refractivity contribution in [2.75, 3.05) is 19.6 Å². The highest BCUT2D eigenvalue weighted by molar-refractivity contribution is 5.85. The first-order valence-electron chi connectivity index (χ1n) is 3.31. The fourth-order valence-corrected chi connectivity index (χ4v) is 0.898. The van der Waals surface area contributed by atoms with E-state index in [4.69, 9.17) is 0 Å². The second kappa shape index (κ2) is 3.37. The van der Waals surface area contributed by atoms with Crippen molar-refractivity contribution in [3.8, 4) is 0 Å². The molecule has 1 radical (unpaired) electrons. The van der Waals surface area contributed by atoms with Gasteiger partial charge in [0.25, 0.3) is 0 Å². The number of carbonyl (C=O) groups excluding carboxylic acids is 1. The van der Waals surface area contributed by atoms with E-state index in [1.807, 2.05) is 0 Å². The van der Waals surface area contributed by atoms with E-state index in [0.717, 1.165) is 13.1 Å². The van der Waals surface area contributed by atoms with E-state index in [1.54, 1.807) is 11.0 Å². The van der Waals surface area contributed by atoms with Crippen LogP contribution < -0.4 is 5.32 Å². The molecule has 0 bridgehead atoms. The number of nitrogens with one attached hydrogen (secondary N) is 1. The number of amides is 1. The average Bonchev–Trinajstić information content (AvgIpc) is 1.94. The Kier molecular flexibility index (Phi) is 2.45. The molecule has 1 rings (SSSR count). The zero-order valence-corrected chi connectivity index (χ0v) is 5.84. The molecule has 1 amide bonds. The largest absolute Gasteiger partial charge is 0.336 e. The Labute approximate surface area is 60.7 Å². The standard InChI is InChI=1S/C7H11N2O/c1-2-4-9-5-3-8-6-7(9)10/h2,6,8H,1,3-5H2. The van der Waals surface area contributed by atoms with E-state index >= 15 is 0 Å². The summed E-state index contributed by atoms with van der Waals surface area (Å²) in [5.41, 5.74) is 0. The monoisotopic (exact) mass is 139 g/mol. The molecule has 0 aliphatic carbocycles. The lowest BCUT2D eigenvalue weighted by Gasteiger charge is -2.25. The number of carbonyl (C=O) groups is 1. The van der Waals surface area contributed by atoms with Gasteiger partial charge >= 0.3 is 0 Å². The Morgan fingerprint density at radius 2 is 2.70 bits per heavy atom. The Bertz CT molecular complexity index is 145. The number of nitrogens with zero attached hydrogens (tertiary/aromatic N) is 1. The molecule has 0 spiro atoms. The summed E-state index contributed by atoms with van der Waals surface area (Å²) in [7, 11) is 0. The van der Waals surface area contributed by atoms with Gasteiger partial charge in [-0.3, -0.25) is 4.79 Å².